The third-order valence-corrected chi connectivity index (χ3v) is 2.64. The quantitative estimate of drug-likeness (QED) is 0.701. The summed E-state index contributed by atoms with van der Waals surface area (Å²) in [6, 6.07) is 3.97. The van der Waals surface area contributed by atoms with Crippen LogP contribution in [0.15, 0.2) is 18.2 Å². The Balaban J connectivity index is 2.38. The van der Waals surface area contributed by atoms with Crippen molar-refractivity contribution >= 4 is 11.9 Å². The molecule has 0 radical (unpaired) electrons. The molecule has 1 rings (SSSR count). The topological polar surface area (TPSA) is 78.4 Å². The van der Waals surface area contributed by atoms with E-state index < -0.39 is 11.8 Å². The van der Waals surface area contributed by atoms with Crippen LogP contribution < -0.4 is 10.6 Å². The average molecular weight is 296 g/mol. The predicted octanol–water partition coefficient (Wildman–Crippen LogP) is 1.92. The van der Waals surface area contributed by atoms with Gasteiger partial charge in [0.15, 0.2) is 0 Å². The first-order valence-corrected chi connectivity index (χ1v) is 6.72. The first-order valence-electron chi connectivity index (χ1n) is 6.72. The number of carbonyl (C=O) groups is 2. The number of halogens is 1. The molecule has 6 heteroatoms. The predicted molar refractivity (Wildman–Crippen MR) is 77.6 cm³/mol. The summed E-state index contributed by atoms with van der Waals surface area (Å²) < 4.78 is 13.5. The van der Waals surface area contributed by atoms with E-state index in [4.69, 9.17) is 5.11 Å². The van der Waals surface area contributed by atoms with Gasteiger partial charge in [-0.25, -0.2) is 9.18 Å². The van der Waals surface area contributed by atoms with Crippen LogP contribution in [0.2, 0.25) is 0 Å². The maximum absolute atomic E-state index is 13.5. The summed E-state index contributed by atoms with van der Waals surface area (Å²) in [5.74, 6) is -2.10. The number of carboxylic acids is 1. The van der Waals surface area contributed by atoms with Crippen molar-refractivity contribution in [2.45, 2.75) is 39.3 Å². The minimum atomic E-state index is -1.29. The van der Waals surface area contributed by atoms with Crippen LogP contribution >= 0.6 is 0 Å². The van der Waals surface area contributed by atoms with E-state index in [1.807, 2.05) is 20.8 Å². The van der Waals surface area contributed by atoms with Crippen LogP contribution in [0.1, 0.15) is 43.1 Å². The van der Waals surface area contributed by atoms with Crippen LogP contribution in [0.4, 0.5) is 4.39 Å². The molecule has 0 spiro atoms. The van der Waals surface area contributed by atoms with Crippen molar-refractivity contribution in [1.82, 2.24) is 10.6 Å². The van der Waals surface area contributed by atoms with E-state index in [1.165, 1.54) is 12.1 Å². The van der Waals surface area contributed by atoms with Crippen molar-refractivity contribution in [3.8, 4) is 0 Å². The summed E-state index contributed by atoms with van der Waals surface area (Å²) in [6.45, 7) is 6.56. The molecule has 0 unspecified atom stereocenters. The number of benzene rings is 1. The minimum absolute atomic E-state index is 0.0533. The van der Waals surface area contributed by atoms with Crippen LogP contribution in [-0.4, -0.2) is 29.1 Å². The van der Waals surface area contributed by atoms with Crippen molar-refractivity contribution < 1.29 is 19.1 Å². The Kier molecular flexibility index (Phi) is 5.84. The molecule has 0 bridgehead atoms. The van der Waals surface area contributed by atoms with Crippen molar-refractivity contribution in [3.05, 3.63) is 35.1 Å². The molecule has 0 aliphatic heterocycles. The molecule has 0 aliphatic carbocycles. The van der Waals surface area contributed by atoms with Crippen LogP contribution in [-0.2, 0) is 11.3 Å². The normalized spacial score (nSPS) is 11.2. The van der Waals surface area contributed by atoms with Crippen molar-refractivity contribution in [3.63, 3.8) is 0 Å². The van der Waals surface area contributed by atoms with Gasteiger partial charge in [-0.05, 0) is 38.5 Å². The van der Waals surface area contributed by atoms with E-state index in [2.05, 4.69) is 10.6 Å². The Bertz CT molecular complexity index is 524. The molecule has 5 nitrogen and oxygen atoms in total. The molecule has 0 saturated heterocycles. The van der Waals surface area contributed by atoms with Gasteiger partial charge in [0.25, 0.3) is 0 Å². The molecular weight excluding hydrogens is 275 g/mol. The monoisotopic (exact) mass is 296 g/mol. The average Bonchev–Trinajstić information content (AvgIpc) is 2.32. The lowest BCUT2D eigenvalue weighted by atomic mass is 10.1. The van der Waals surface area contributed by atoms with Crippen LogP contribution in [0.3, 0.4) is 0 Å². The second-order valence-corrected chi connectivity index (χ2v) is 5.84. The molecule has 1 amide bonds. The van der Waals surface area contributed by atoms with Gasteiger partial charge in [0, 0.05) is 25.0 Å². The van der Waals surface area contributed by atoms with Crippen LogP contribution in [0.25, 0.3) is 0 Å². The molecule has 0 saturated carbocycles. The smallest absolute Gasteiger partial charge is 0.338 e. The van der Waals surface area contributed by atoms with Gasteiger partial charge in [-0.2, -0.15) is 0 Å². The maximum Gasteiger partial charge on any atom is 0.338 e. The first kappa shape index (κ1) is 17.1. The Morgan fingerprint density at radius 2 is 1.95 bits per heavy atom. The van der Waals surface area contributed by atoms with E-state index in [-0.39, 0.29) is 17.0 Å². The van der Waals surface area contributed by atoms with E-state index >= 15 is 0 Å². The molecular formula is C15H21FN2O3. The molecule has 0 aromatic heterocycles. The molecule has 21 heavy (non-hydrogen) atoms. The van der Waals surface area contributed by atoms with Gasteiger partial charge in [-0.3, -0.25) is 4.79 Å². The lowest BCUT2D eigenvalue weighted by Gasteiger charge is -2.20. The summed E-state index contributed by atoms with van der Waals surface area (Å²) in [6.07, 6.45) is 0.326. The highest BCUT2D eigenvalue weighted by molar-refractivity contribution is 5.87. The Morgan fingerprint density at radius 1 is 1.29 bits per heavy atom. The summed E-state index contributed by atoms with van der Waals surface area (Å²) in [4.78, 5) is 22.2. The number of carboxylic acid groups (broad SMARTS) is 1. The standard InChI is InChI=1S/C15H21FN2O3/c1-15(2,3)18-13(19)6-7-17-9-10-4-5-11(14(20)21)12(16)8-10/h4-5,8,17H,6-7,9H2,1-3H3,(H,18,19)(H,20,21). The van der Waals surface area contributed by atoms with Gasteiger partial charge in [0.05, 0.1) is 5.56 Å². The fraction of sp³-hybridized carbons (Fsp3) is 0.467. The van der Waals surface area contributed by atoms with E-state index in [9.17, 15) is 14.0 Å². The Morgan fingerprint density at radius 3 is 2.48 bits per heavy atom. The third-order valence-electron chi connectivity index (χ3n) is 2.64. The molecule has 3 N–H and O–H groups in total. The molecule has 1 aromatic rings. The number of aromatic carboxylic acids is 1. The summed E-state index contributed by atoms with van der Waals surface area (Å²) in [7, 11) is 0. The molecule has 0 atom stereocenters. The van der Waals surface area contributed by atoms with E-state index in [1.54, 1.807) is 6.07 Å². The minimum Gasteiger partial charge on any atom is -0.478 e. The number of hydrogen-bond acceptors (Lipinski definition) is 3. The zero-order valence-corrected chi connectivity index (χ0v) is 12.5. The Labute approximate surface area is 123 Å². The molecule has 1 aromatic carbocycles. The zero-order chi connectivity index (χ0) is 16.0. The lowest BCUT2D eigenvalue weighted by Crippen LogP contribution is -2.41. The Hall–Kier alpha value is -1.95. The number of carbonyl (C=O) groups excluding carboxylic acids is 1. The van der Waals surface area contributed by atoms with E-state index in [0.717, 1.165) is 0 Å². The van der Waals surface area contributed by atoms with Crippen LogP contribution in [0, 0.1) is 5.82 Å². The molecule has 0 fully saturated rings. The van der Waals surface area contributed by atoms with Crippen LogP contribution in [0.5, 0.6) is 0 Å². The van der Waals surface area contributed by atoms with Gasteiger partial charge >= 0.3 is 5.97 Å². The van der Waals surface area contributed by atoms with Gasteiger partial charge in [-0.15, -0.1) is 0 Å². The highest BCUT2D eigenvalue weighted by Crippen LogP contribution is 2.10. The SMILES string of the molecule is CC(C)(C)NC(=O)CCNCc1ccc(C(=O)O)c(F)c1. The van der Waals surface area contributed by atoms with Crippen molar-refractivity contribution in [2.75, 3.05) is 6.54 Å². The van der Waals surface area contributed by atoms with Crippen molar-refractivity contribution in [2.24, 2.45) is 0 Å². The van der Waals surface area contributed by atoms with Gasteiger partial charge in [-0.1, -0.05) is 6.07 Å². The number of amides is 1. The molecule has 116 valence electrons. The number of rotatable bonds is 6. The highest BCUT2D eigenvalue weighted by Gasteiger charge is 2.13. The highest BCUT2D eigenvalue weighted by atomic mass is 19.1. The zero-order valence-electron chi connectivity index (χ0n) is 12.5. The molecule has 0 aliphatic rings. The second kappa shape index (κ2) is 7.17. The fourth-order valence-electron chi connectivity index (χ4n) is 1.76. The largest absolute Gasteiger partial charge is 0.478 e. The van der Waals surface area contributed by atoms with Gasteiger partial charge < -0.3 is 15.7 Å². The third kappa shape index (κ3) is 6.35. The second-order valence-electron chi connectivity index (χ2n) is 5.84. The number of nitrogens with one attached hydrogen (secondary N) is 2. The summed E-state index contributed by atoms with van der Waals surface area (Å²) in [5.41, 5.74) is 0.0319. The van der Waals surface area contributed by atoms with Gasteiger partial charge in [0.2, 0.25) is 5.91 Å². The summed E-state index contributed by atoms with van der Waals surface area (Å²) in [5, 5.41) is 14.6. The van der Waals surface area contributed by atoms with E-state index in [0.29, 0.717) is 25.1 Å². The first-order chi connectivity index (χ1) is 9.69. The lowest BCUT2D eigenvalue weighted by molar-refractivity contribution is -0.122. The summed E-state index contributed by atoms with van der Waals surface area (Å²) >= 11 is 0. The maximum atomic E-state index is 13.5. The molecule has 0 heterocycles. The fourth-order valence-corrected chi connectivity index (χ4v) is 1.76. The van der Waals surface area contributed by atoms with Crippen molar-refractivity contribution in [1.29, 1.82) is 0 Å². The van der Waals surface area contributed by atoms with Gasteiger partial charge in [0.1, 0.15) is 5.82 Å². The number of hydrogen-bond donors (Lipinski definition) is 3.